The molecular formula is C10H13N3O4S. The minimum Gasteiger partial charge on any atom is -0.466 e. The highest BCUT2D eigenvalue weighted by Gasteiger charge is 2.41. The van der Waals surface area contributed by atoms with Crippen LogP contribution in [0, 0.1) is 0 Å². The van der Waals surface area contributed by atoms with Crippen molar-refractivity contribution < 1.29 is 14.6 Å². The third-order valence-corrected chi connectivity index (χ3v) is 3.63. The molecule has 1 atom stereocenters. The first-order valence-corrected chi connectivity index (χ1v) is 6.35. The van der Waals surface area contributed by atoms with E-state index in [0.29, 0.717) is 5.16 Å². The van der Waals surface area contributed by atoms with E-state index in [-0.39, 0.29) is 24.6 Å². The van der Waals surface area contributed by atoms with E-state index in [9.17, 15) is 14.7 Å². The lowest BCUT2D eigenvalue weighted by molar-refractivity contribution is -0.152. The monoisotopic (exact) mass is 271 g/mol. The molecule has 0 amide bonds. The summed E-state index contributed by atoms with van der Waals surface area (Å²) in [5.41, 5.74) is 3.39. The van der Waals surface area contributed by atoms with Crippen LogP contribution in [-0.4, -0.2) is 33.0 Å². The van der Waals surface area contributed by atoms with Gasteiger partial charge in [0.05, 0.1) is 18.8 Å². The van der Waals surface area contributed by atoms with Gasteiger partial charge in [-0.3, -0.25) is 14.2 Å². The maximum Gasteiger partial charge on any atom is 0.310 e. The summed E-state index contributed by atoms with van der Waals surface area (Å²) in [7, 11) is 0. The number of nitrogens with two attached hydrogens (primary N) is 1. The summed E-state index contributed by atoms with van der Waals surface area (Å²) in [6.07, 6.45) is -0.285. The first-order valence-electron chi connectivity index (χ1n) is 5.37. The molecule has 0 spiro atoms. The van der Waals surface area contributed by atoms with Crippen molar-refractivity contribution in [2.24, 2.45) is 0 Å². The predicted molar refractivity (Wildman–Crippen MR) is 65.1 cm³/mol. The van der Waals surface area contributed by atoms with Crippen molar-refractivity contribution in [1.29, 1.82) is 0 Å². The van der Waals surface area contributed by atoms with Crippen molar-refractivity contribution in [2.75, 3.05) is 18.1 Å². The van der Waals surface area contributed by atoms with Crippen LogP contribution in [0.4, 0.5) is 5.82 Å². The zero-order valence-electron chi connectivity index (χ0n) is 9.75. The molecule has 0 bridgehead atoms. The van der Waals surface area contributed by atoms with Crippen molar-refractivity contribution >= 4 is 23.5 Å². The van der Waals surface area contributed by atoms with Crippen LogP contribution in [0.15, 0.2) is 16.0 Å². The lowest BCUT2D eigenvalue weighted by Crippen LogP contribution is -2.42. The number of hydrogen-bond acceptors (Lipinski definition) is 7. The summed E-state index contributed by atoms with van der Waals surface area (Å²) >= 11 is 1.18. The van der Waals surface area contributed by atoms with Gasteiger partial charge in [0.2, 0.25) is 0 Å². The number of carbonyl (C=O) groups excluding carboxylic acids is 1. The van der Waals surface area contributed by atoms with E-state index in [4.69, 9.17) is 10.5 Å². The quantitative estimate of drug-likeness (QED) is 0.565. The van der Waals surface area contributed by atoms with E-state index in [1.165, 1.54) is 11.8 Å². The average molecular weight is 271 g/mol. The molecule has 2 heterocycles. The van der Waals surface area contributed by atoms with E-state index in [2.05, 4.69) is 4.98 Å². The molecule has 1 aromatic rings. The lowest BCUT2D eigenvalue weighted by Gasteiger charge is -2.23. The second kappa shape index (κ2) is 4.62. The zero-order chi connectivity index (χ0) is 13.3. The Kier molecular flexibility index (Phi) is 3.31. The molecule has 0 aromatic carbocycles. The lowest BCUT2D eigenvalue weighted by atomic mass is 10.1. The van der Waals surface area contributed by atoms with Gasteiger partial charge in [0.1, 0.15) is 5.82 Å². The second-order valence-corrected chi connectivity index (χ2v) is 4.83. The van der Waals surface area contributed by atoms with Crippen LogP contribution in [-0.2, 0) is 15.3 Å². The zero-order valence-corrected chi connectivity index (χ0v) is 10.6. The number of carbonyl (C=O) groups is 1. The van der Waals surface area contributed by atoms with Crippen molar-refractivity contribution in [3.05, 3.63) is 16.4 Å². The number of nitrogens with zero attached hydrogens (tertiary/aromatic N) is 2. The Morgan fingerprint density at radius 2 is 2.50 bits per heavy atom. The minimum absolute atomic E-state index is 0.0964. The number of esters is 1. The Morgan fingerprint density at radius 3 is 3.17 bits per heavy atom. The van der Waals surface area contributed by atoms with E-state index in [1.807, 2.05) is 0 Å². The molecule has 0 saturated heterocycles. The topological polar surface area (TPSA) is 107 Å². The van der Waals surface area contributed by atoms with Gasteiger partial charge in [-0.25, -0.2) is 4.98 Å². The van der Waals surface area contributed by atoms with Crippen LogP contribution in [0.25, 0.3) is 0 Å². The maximum absolute atomic E-state index is 11.8. The van der Waals surface area contributed by atoms with Crippen LogP contribution in [0.3, 0.4) is 0 Å². The molecule has 1 aliphatic heterocycles. The molecule has 98 valence electrons. The minimum atomic E-state index is -1.59. The number of anilines is 1. The van der Waals surface area contributed by atoms with Gasteiger partial charge in [0.25, 0.3) is 5.56 Å². The largest absolute Gasteiger partial charge is 0.466 e. The van der Waals surface area contributed by atoms with Crippen LogP contribution in [0.5, 0.6) is 0 Å². The average Bonchev–Trinajstić information content (AvgIpc) is 2.55. The number of nitrogen functional groups attached to an aromatic ring is 1. The highest BCUT2D eigenvalue weighted by molar-refractivity contribution is 7.99. The van der Waals surface area contributed by atoms with Gasteiger partial charge in [-0.2, -0.15) is 0 Å². The van der Waals surface area contributed by atoms with Crippen LogP contribution >= 0.6 is 11.8 Å². The first kappa shape index (κ1) is 12.9. The summed E-state index contributed by atoms with van der Waals surface area (Å²) in [6.45, 7) is 1.90. The fourth-order valence-electron chi connectivity index (χ4n) is 1.78. The van der Waals surface area contributed by atoms with Crippen LogP contribution in [0.2, 0.25) is 0 Å². The molecule has 3 N–H and O–H groups in total. The third kappa shape index (κ3) is 2.21. The molecule has 8 heteroatoms. The van der Waals surface area contributed by atoms with Crippen molar-refractivity contribution in [3.63, 3.8) is 0 Å². The number of hydrogen-bond donors (Lipinski definition) is 2. The van der Waals surface area contributed by atoms with Crippen molar-refractivity contribution in [3.8, 4) is 0 Å². The van der Waals surface area contributed by atoms with E-state index >= 15 is 0 Å². The van der Waals surface area contributed by atoms with Gasteiger partial charge in [-0.1, -0.05) is 11.8 Å². The summed E-state index contributed by atoms with van der Waals surface area (Å²) in [5, 5.41) is 10.7. The number of fused-ring (bicyclic) bond motifs is 1. The van der Waals surface area contributed by atoms with Gasteiger partial charge in [-0.05, 0) is 6.92 Å². The first-order chi connectivity index (χ1) is 8.46. The fourth-order valence-corrected chi connectivity index (χ4v) is 2.93. The Balaban J connectivity index is 2.35. The maximum atomic E-state index is 11.8. The highest BCUT2D eigenvalue weighted by Crippen LogP contribution is 2.35. The predicted octanol–water partition coefficient (Wildman–Crippen LogP) is -0.471. The molecule has 1 aliphatic rings. The number of ether oxygens (including phenoxy) is 1. The Morgan fingerprint density at radius 1 is 1.78 bits per heavy atom. The fraction of sp³-hybridized carbons (Fsp3) is 0.500. The second-order valence-electron chi connectivity index (χ2n) is 3.89. The molecule has 0 unspecified atom stereocenters. The van der Waals surface area contributed by atoms with Crippen molar-refractivity contribution in [1.82, 2.24) is 9.55 Å². The van der Waals surface area contributed by atoms with Gasteiger partial charge >= 0.3 is 5.97 Å². The molecule has 7 nitrogen and oxygen atoms in total. The van der Waals surface area contributed by atoms with E-state index in [1.54, 1.807) is 6.92 Å². The SMILES string of the molecule is CCOC(=O)C[C@@]1(O)CSc2nc(N)cc(=O)n21. The Hall–Kier alpha value is -1.54. The molecule has 0 radical (unpaired) electrons. The molecule has 0 saturated carbocycles. The normalized spacial score (nSPS) is 21.7. The van der Waals surface area contributed by atoms with Gasteiger partial charge in [0.15, 0.2) is 10.9 Å². The Labute approximate surface area is 107 Å². The summed E-state index contributed by atoms with van der Waals surface area (Å²) in [6, 6.07) is 1.12. The van der Waals surface area contributed by atoms with Crippen molar-refractivity contribution in [2.45, 2.75) is 24.2 Å². The smallest absolute Gasteiger partial charge is 0.310 e. The Bertz CT molecular complexity index is 544. The van der Waals surface area contributed by atoms with Gasteiger partial charge in [0, 0.05) is 6.07 Å². The van der Waals surface area contributed by atoms with Gasteiger partial charge in [-0.15, -0.1) is 0 Å². The molecule has 1 aromatic heterocycles. The van der Waals surface area contributed by atoms with Gasteiger partial charge < -0.3 is 15.6 Å². The highest BCUT2D eigenvalue weighted by atomic mass is 32.2. The molecular weight excluding hydrogens is 258 g/mol. The third-order valence-electron chi connectivity index (χ3n) is 2.49. The number of aliphatic hydroxyl groups is 1. The summed E-state index contributed by atoms with van der Waals surface area (Å²) in [4.78, 5) is 27.2. The summed E-state index contributed by atoms with van der Waals surface area (Å²) in [5.74, 6) is -0.298. The standard InChI is InChI=1S/C10H13N3O4S/c1-2-17-8(15)4-10(16)5-18-9-12-6(11)3-7(14)13(9)10/h3,16H,2,4-5,11H2,1H3/t10-/m1/s1. The van der Waals surface area contributed by atoms with Crippen LogP contribution in [0.1, 0.15) is 13.3 Å². The van der Waals surface area contributed by atoms with E-state index < -0.39 is 17.3 Å². The number of rotatable bonds is 3. The molecule has 2 rings (SSSR count). The number of thioether (sulfide) groups is 1. The molecule has 0 aliphatic carbocycles. The van der Waals surface area contributed by atoms with Crippen LogP contribution < -0.4 is 11.3 Å². The number of aromatic nitrogens is 2. The molecule has 18 heavy (non-hydrogen) atoms. The summed E-state index contributed by atoms with van der Waals surface area (Å²) < 4.78 is 5.87. The molecule has 0 fully saturated rings. The van der Waals surface area contributed by atoms with E-state index in [0.717, 1.165) is 10.6 Å².